The van der Waals surface area contributed by atoms with E-state index in [1.54, 1.807) is 0 Å². The second-order valence-electron chi connectivity index (χ2n) is 8.53. The number of anilines is 1. The number of imidazole rings is 1. The number of carboxylic acids is 1. The highest BCUT2D eigenvalue weighted by molar-refractivity contribution is 5.89. The van der Waals surface area contributed by atoms with Crippen LogP contribution in [0.4, 0.5) is 5.82 Å². The zero-order chi connectivity index (χ0) is 22.9. The van der Waals surface area contributed by atoms with E-state index in [4.69, 9.17) is 9.72 Å². The molecule has 33 heavy (non-hydrogen) atoms. The van der Waals surface area contributed by atoms with Gasteiger partial charge in [0, 0.05) is 32.2 Å². The fourth-order valence-corrected chi connectivity index (χ4v) is 4.62. The maximum Gasteiger partial charge on any atom is 0.335 e. The summed E-state index contributed by atoms with van der Waals surface area (Å²) in [7, 11) is 1.44. The molecule has 0 radical (unpaired) electrons. The van der Waals surface area contributed by atoms with Gasteiger partial charge in [0.25, 0.3) is 0 Å². The Labute approximate surface area is 190 Å². The predicted molar refractivity (Wildman–Crippen MR) is 121 cm³/mol. The third-order valence-electron chi connectivity index (χ3n) is 6.34. The number of nitrogens with zero attached hydrogens (tertiary/aromatic N) is 5. The first-order valence-electron chi connectivity index (χ1n) is 11.2. The van der Waals surface area contributed by atoms with Crippen molar-refractivity contribution >= 4 is 28.9 Å². The molecule has 3 aromatic rings. The SMILES string of the molecule is COc1cc(C(=O)O)cc(-c2nc3nc(N4CCCC(C(=O)N5CCCC5)C4)ccc3[nH]2)n1. The number of aromatic amines is 1. The molecule has 1 atom stereocenters. The lowest BCUT2D eigenvalue weighted by Crippen LogP contribution is -2.44. The average molecular weight is 450 g/mol. The molecule has 2 aliphatic rings. The fourth-order valence-electron chi connectivity index (χ4n) is 4.62. The normalized spacial score (nSPS) is 18.6. The minimum atomic E-state index is -1.07. The van der Waals surface area contributed by atoms with Crippen LogP contribution in [0.25, 0.3) is 22.7 Å². The first-order valence-corrected chi connectivity index (χ1v) is 11.2. The molecular weight excluding hydrogens is 424 g/mol. The number of carboxylic acid groups (broad SMARTS) is 1. The van der Waals surface area contributed by atoms with Crippen LogP contribution >= 0.6 is 0 Å². The Morgan fingerprint density at radius 3 is 2.67 bits per heavy atom. The van der Waals surface area contributed by atoms with Crippen molar-refractivity contribution < 1.29 is 19.4 Å². The summed E-state index contributed by atoms with van der Waals surface area (Å²) in [5, 5.41) is 9.37. The number of nitrogens with one attached hydrogen (secondary N) is 1. The largest absolute Gasteiger partial charge is 0.481 e. The number of carbonyl (C=O) groups is 2. The number of fused-ring (bicyclic) bond motifs is 1. The van der Waals surface area contributed by atoms with Gasteiger partial charge < -0.3 is 24.6 Å². The van der Waals surface area contributed by atoms with Gasteiger partial charge in [0.05, 0.1) is 24.1 Å². The highest BCUT2D eigenvalue weighted by atomic mass is 16.5. The summed E-state index contributed by atoms with van der Waals surface area (Å²) >= 11 is 0. The number of carbonyl (C=O) groups excluding carboxylic acids is 1. The zero-order valence-electron chi connectivity index (χ0n) is 18.5. The lowest BCUT2D eigenvalue weighted by atomic mass is 9.96. The number of hydrogen-bond acceptors (Lipinski definition) is 7. The van der Waals surface area contributed by atoms with Gasteiger partial charge in [-0.15, -0.1) is 0 Å². The number of hydrogen-bond donors (Lipinski definition) is 2. The topological polar surface area (TPSA) is 125 Å². The number of piperidine rings is 1. The molecule has 5 heterocycles. The number of amides is 1. The molecule has 2 saturated heterocycles. The van der Waals surface area contributed by atoms with Crippen molar-refractivity contribution in [1.29, 1.82) is 0 Å². The Kier molecular flexibility index (Phi) is 5.57. The molecule has 0 bridgehead atoms. The predicted octanol–water partition coefficient (Wildman–Crippen LogP) is 2.57. The third kappa shape index (κ3) is 4.20. The molecule has 0 spiro atoms. The molecule has 2 aliphatic heterocycles. The lowest BCUT2D eigenvalue weighted by molar-refractivity contribution is -0.134. The van der Waals surface area contributed by atoms with Crippen LogP contribution < -0.4 is 9.64 Å². The van der Waals surface area contributed by atoms with Gasteiger partial charge in [-0.1, -0.05) is 0 Å². The van der Waals surface area contributed by atoms with E-state index in [2.05, 4.69) is 19.9 Å². The van der Waals surface area contributed by atoms with E-state index in [-0.39, 0.29) is 23.3 Å². The summed E-state index contributed by atoms with van der Waals surface area (Å²) in [6.07, 6.45) is 4.05. The van der Waals surface area contributed by atoms with Crippen molar-refractivity contribution in [3.8, 4) is 17.4 Å². The first kappa shape index (κ1) is 21.2. The van der Waals surface area contributed by atoms with Crippen molar-refractivity contribution in [1.82, 2.24) is 24.8 Å². The van der Waals surface area contributed by atoms with Crippen LogP contribution in [0, 0.1) is 5.92 Å². The van der Waals surface area contributed by atoms with Crippen LogP contribution in [0.15, 0.2) is 24.3 Å². The summed E-state index contributed by atoms with van der Waals surface area (Å²) in [5.41, 5.74) is 1.66. The maximum absolute atomic E-state index is 12.9. The van der Waals surface area contributed by atoms with Crippen LogP contribution in [0.5, 0.6) is 5.88 Å². The highest BCUT2D eigenvalue weighted by Crippen LogP contribution is 2.27. The third-order valence-corrected chi connectivity index (χ3v) is 6.34. The maximum atomic E-state index is 12.9. The molecule has 0 saturated carbocycles. The first-order chi connectivity index (χ1) is 16.0. The van der Waals surface area contributed by atoms with E-state index < -0.39 is 5.97 Å². The van der Waals surface area contributed by atoms with Gasteiger partial charge in [0.1, 0.15) is 11.5 Å². The minimum Gasteiger partial charge on any atom is -0.481 e. The summed E-state index contributed by atoms with van der Waals surface area (Å²) in [6, 6.07) is 6.64. The molecule has 3 aromatic heterocycles. The summed E-state index contributed by atoms with van der Waals surface area (Å²) in [4.78, 5) is 45.2. The van der Waals surface area contributed by atoms with Crippen LogP contribution in [0.1, 0.15) is 36.0 Å². The molecule has 10 nitrogen and oxygen atoms in total. The summed E-state index contributed by atoms with van der Waals surface area (Å²) < 4.78 is 5.14. The molecule has 10 heteroatoms. The van der Waals surface area contributed by atoms with Gasteiger partial charge in [-0.25, -0.2) is 19.7 Å². The van der Waals surface area contributed by atoms with Crippen LogP contribution in [-0.4, -0.2) is 75.1 Å². The highest BCUT2D eigenvalue weighted by Gasteiger charge is 2.31. The van der Waals surface area contributed by atoms with E-state index >= 15 is 0 Å². The molecular formula is C23H26N6O4. The Morgan fingerprint density at radius 2 is 1.91 bits per heavy atom. The van der Waals surface area contributed by atoms with Crippen molar-refractivity contribution in [3.63, 3.8) is 0 Å². The Hall–Kier alpha value is -3.69. The van der Waals surface area contributed by atoms with Gasteiger partial charge in [0.15, 0.2) is 11.5 Å². The van der Waals surface area contributed by atoms with E-state index in [1.165, 1.54) is 19.2 Å². The molecule has 1 unspecified atom stereocenters. The number of aromatic nitrogens is 4. The number of ether oxygens (including phenoxy) is 1. The number of likely N-dealkylation sites (tertiary alicyclic amines) is 1. The fraction of sp³-hybridized carbons (Fsp3) is 0.435. The number of pyridine rings is 2. The molecule has 5 rings (SSSR count). The van der Waals surface area contributed by atoms with Crippen molar-refractivity contribution in [3.05, 3.63) is 29.8 Å². The Bertz CT molecular complexity index is 1200. The van der Waals surface area contributed by atoms with Crippen molar-refractivity contribution in [2.45, 2.75) is 25.7 Å². The molecule has 0 aliphatic carbocycles. The number of methoxy groups -OCH3 is 1. The van der Waals surface area contributed by atoms with Crippen LogP contribution in [0.3, 0.4) is 0 Å². The Balaban J connectivity index is 1.40. The van der Waals surface area contributed by atoms with E-state index in [0.29, 0.717) is 23.7 Å². The minimum absolute atomic E-state index is 0.000449. The monoisotopic (exact) mass is 450 g/mol. The van der Waals surface area contributed by atoms with Crippen molar-refractivity contribution in [2.24, 2.45) is 5.92 Å². The Morgan fingerprint density at radius 1 is 1.09 bits per heavy atom. The van der Waals surface area contributed by atoms with E-state index in [0.717, 1.165) is 56.7 Å². The second-order valence-corrected chi connectivity index (χ2v) is 8.53. The summed E-state index contributed by atoms with van der Waals surface area (Å²) in [5.74, 6) is 0.580. The zero-order valence-corrected chi connectivity index (χ0v) is 18.5. The van der Waals surface area contributed by atoms with E-state index in [1.807, 2.05) is 17.0 Å². The summed E-state index contributed by atoms with van der Waals surface area (Å²) in [6.45, 7) is 3.25. The molecule has 1 amide bonds. The molecule has 0 aromatic carbocycles. The average Bonchev–Trinajstić information content (AvgIpc) is 3.53. The quantitative estimate of drug-likeness (QED) is 0.608. The lowest BCUT2D eigenvalue weighted by Gasteiger charge is -2.34. The second kappa shape index (κ2) is 8.68. The molecule has 2 fully saturated rings. The van der Waals surface area contributed by atoms with Gasteiger partial charge in [-0.3, -0.25) is 4.79 Å². The molecule has 172 valence electrons. The van der Waals surface area contributed by atoms with Crippen molar-refractivity contribution in [2.75, 3.05) is 38.2 Å². The van der Waals surface area contributed by atoms with Gasteiger partial charge >= 0.3 is 5.97 Å². The standard InChI is InChI=1S/C23H26N6O4/c1-33-19-12-15(23(31)32)11-17(24-19)21-25-16-6-7-18(26-20(16)27-21)29-10-4-5-14(13-29)22(30)28-8-2-3-9-28/h6-7,11-12,14H,2-5,8-10,13H2,1H3,(H,31,32)(H,25,26,27). The van der Waals surface area contributed by atoms with Gasteiger partial charge in [-0.2, -0.15) is 0 Å². The van der Waals surface area contributed by atoms with Gasteiger partial charge in [-0.05, 0) is 43.9 Å². The smallest absolute Gasteiger partial charge is 0.335 e. The number of rotatable bonds is 5. The molecule has 2 N–H and O–H groups in total. The number of H-pyrrole nitrogens is 1. The van der Waals surface area contributed by atoms with E-state index in [9.17, 15) is 14.7 Å². The number of aromatic carboxylic acids is 1. The van der Waals surface area contributed by atoms with Gasteiger partial charge in [0.2, 0.25) is 11.8 Å². The van der Waals surface area contributed by atoms with Crippen LogP contribution in [0.2, 0.25) is 0 Å². The van der Waals surface area contributed by atoms with Crippen LogP contribution in [-0.2, 0) is 4.79 Å².